The van der Waals surface area contributed by atoms with Gasteiger partial charge in [-0.15, -0.1) is 35.3 Å². The van der Waals surface area contributed by atoms with E-state index in [9.17, 15) is 4.39 Å². The Morgan fingerprint density at radius 3 is 2.86 bits per heavy atom. The molecule has 6 nitrogen and oxygen atoms in total. The number of ether oxygens (including phenoxy) is 1. The van der Waals surface area contributed by atoms with Crippen molar-refractivity contribution in [3.8, 4) is 0 Å². The summed E-state index contributed by atoms with van der Waals surface area (Å²) >= 11 is 1.61. The summed E-state index contributed by atoms with van der Waals surface area (Å²) in [6.45, 7) is 6.83. The smallest absolute Gasteiger partial charge is 0.194 e. The molecule has 1 fully saturated rings. The number of halogens is 2. The summed E-state index contributed by atoms with van der Waals surface area (Å²) in [5.74, 6) is 0.612. The lowest BCUT2D eigenvalue weighted by atomic mass is 10.1. The van der Waals surface area contributed by atoms with E-state index >= 15 is 0 Å². The number of fused-ring (bicyclic) bond motifs is 1. The average molecular weight is 529 g/mol. The highest BCUT2D eigenvalue weighted by Crippen LogP contribution is 2.25. The standard InChI is InChI=1S/C20H24FN5OS.HI/c1-3-22-19(23-10-17-12-25-8-9-28-20(25)24-17)26-11-14(2)27-18(13-26)15-4-6-16(21)7-5-15;/h4-9,12,14,18H,3,10-11,13H2,1-2H3,(H,22,23);1H. The van der Waals surface area contributed by atoms with E-state index < -0.39 is 0 Å². The van der Waals surface area contributed by atoms with Crippen LogP contribution in [0.5, 0.6) is 0 Å². The number of imidazole rings is 1. The molecule has 1 saturated heterocycles. The van der Waals surface area contributed by atoms with Gasteiger partial charge in [0, 0.05) is 30.9 Å². The molecule has 0 radical (unpaired) electrons. The molecule has 1 N–H and O–H groups in total. The number of benzene rings is 1. The fourth-order valence-electron chi connectivity index (χ4n) is 3.42. The van der Waals surface area contributed by atoms with E-state index in [1.807, 2.05) is 22.2 Å². The first-order chi connectivity index (χ1) is 13.6. The molecule has 0 bridgehead atoms. The first-order valence-electron chi connectivity index (χ1n) is 9.47. The van der Waals surface area contributed by atoms with E-state index in [1.165, 1.54) is 12.1 Å². The van der Waals surface area contributed by atoms with Crippen molar-refractivity contribution in [3.63, 3.8) is 0 Å². The molecule has 2 unspecified atom stereocenters. The molecule has 3 aromatic rings. The summed E-state index contributed by atoms with van der Waals surface area (Å²) in [6.07, 6.45) is 3.95. The average Bonchev–Trinajstić information content (AvgIpc) is 3.27. The van der Waals surface area contributed by atoms with Gasteiger partial charge in [-0.25, -0.2) is 14.4 Å². The molecule has 0 aliphatic carbocycles. The summed E-state index contributed by atoms with van der Waals surface area (Å²) in [4.78, 5) is 12.6. The van der Waals surface area contributed by atoms with Crippen molar-refractivity contribution in [1.29, 1.82) is 0 Å². The van der Waals surface area contributed by atoms with E-state index in [0.717, 1.165) is 35.3 Å². The predicted octanol–water partition coefficient (Wildman–Crippen LogP) is 4.08. The Balaban J connectivity index is 0.00000240. The highest BCUT2D eigenvalue weighted by Gasteiger charge is 2.28. The van der Waals surface area contributed by atoms with Crippen LogP contribution in [0.1, 0.15) is 31.2 Å². The largest absolute Gasteiger partial charge is 0.367 e. The second-order valence-corrected chi connectivity index (χ2v) is 7.76. The van der Waals surface area contributed by atoms with Gasteiger partial charge in [0.25, 0.3) is 0 Å². The number of nitrogens with zero attached hydrogens (tertiary/aromatic N) is 4. The molecule has 2 aromatic heterocycles. The first-order valence-corrected chi connectivity index (χ1v) is 10.4. The Labute approximate surface area is 190 Å². The van der Waals surface area contributed by atoms with Gasteiger partial charge in [-0.05, 0) is 31.5 Å². The molecule has 0 amide bonds. The van der Waals surface area contributed by atoms with Crippen molar-refractivity contribution in [2.75, 3.05) is 19.6 Å². The van der Waals surface area contributed by atoms with Gasteiger partial charge in [0.1, 0.15) is 11.9 Å². The first kappa shape index (κ1) is 22.0. The van der Waals surface area contributed by atoms with Gasteiger partial charge in [0.2, 0.25) is 0 Å². The number of aromatic nitrogens is 2. The van der Waals surface area contributed by atoms with E-state index in [1.54, 1.807) is 23.5 Å². The molecule has 156 valence electrons. The van der Waals surface area contributed by atoms with Crippen LogP contribution >= 0.6 is 35.3 Å². The van der Waals surface area contributed by atoms with Gasteiger partial charge in [-0.3, -0.25) is 4.40 Å². The fourth-order valence-corrected chi connectivity index (χ4v) is 4.14. The molecule has 2 atom stereocenters. The summed E-state index contributed by atoms with van der Waals surface area (Å²) in [5, 5.41) is 5.40. The van der Waals surface area contributed by atoms with Crippen LogP contribution < -0.4 is 5.32 Å². The summed E-state index contributed by atoms with van der Waals surface area (Å²) in [7, 11) is 0. The van der Waals surface area contributed by atoms with Crippen molar-refractivity contribution in [3.05, 3.63) is 59.1 Å². The zero-order valence-electron chi connectivity index (χ0n) is 16.4. The minimum absolute atomic E-state index is 0. The number of aliphatic imine (C=N–C) groups is 1. The number of rotatable bonds is 4. The zero-order chi connectivity index (χ0) is 19.5. The summed E-state index contributed by atoms with van der Waals surface area (Å²) < 4.78 is 21.4. The van der Waals surface area contributed by atoms with E-state index in [0.29, 0.717) is 13.1 Å². The molecule has 1 aromatic carbocycles. The number of guanidine groups is 1. The highest BCUT2D eigenvalue weighted by atomic mass is 127. The molecule has 1 aliphatic rings. The van der Waals surface area contributed by atoms with E-state index in [4.69, 9.17) is 9.73 Å². The van der Waals surface area contributed by atoms with Crippen LogP contribution in [0.2, 0.25) is 0 Å². The van der Waals surface area contributed by atoms with Gasteiger partial charge in [0.05, 0.1) is 24.9 Å². The van der Waals surface area contributed by atoms with Crippen LogP contribution in [-0.4, -0.2) is 46.0 Å². The van der Waals surface area contributed by atoms with Gasteiger partial charge < -0.3 is 15.0 Å². The van der Waals surface area contributed by atoms with E-state index in [2.05, 4.69) is 29.0 Å². The molecule has 0 spiro atoms. The minimum atomic E-state index is -0.237. The van der Waals surface area contributed by atoms with Gasteiger partial charge >= 0.3 is 0 Å². The predicted molar refractivity (Wildman–Crippen MR) is 125 cm³/mol. The van der Waals surface area contributed by atoms with Crippen LogP contribution in [0.15, 0.2) is 47.0 Å². The third kappa shape index (κ3) is 5.26. The maximum atomic E-state index is 13.3. The number of morpholine rings is 1. The maximum absolute atomic E-state index is 13.3. The number of hydrogen-bond acceptors (Lipinski definition) is 4. The van der Waals surface area contributed by atoms with Crippen LogP contribution in [0.4, 0.5) is 4.39 Å². The van der Waals surface area contributed by atoms with Crippen LogP contribution in [0.25, 0.3) is 4.96 Å². The Kier molecular flexibility index (Phi) is 7.47. The second-order valence-electron chi connectivity index (χ2n) is 6.89. The number of nitrogens with one attached hydrogen (secondary N) is 1. The quantitative estimate of drug-likeness (QED) is 0.315. The SMILES string of the molecule is CCNC(=NCc1cn2ccsc2n1)N1CC(C)OC(c2ccc(F)cc2)C1.I. The molecule has 1 aliphatic heterocycles. The summed E-state index contributed by atoms with van der Waals surface area (Å²) in [6, 6.07) is 6.54. The minimum Gasteiger partial charge on any atom is -0.367 e. The highest BCUT2D eigenvalue weighted by molar-refractivity contribution is 14.0. The Morgan fingerprint density at radius 2 is 2.14 bits per heavy atom. The Morgan fingerprint density at radius 1 is 1.34 bits per heavy atom. The third-order valence-corrected chi connectivity index (χ3v) is 5.44. The molecule has 9 heteroatoms. The molecule has 29 heavy (non-hydrogen) atoms. The molecule has 3 heterocycles. The molecular formula is C20H25FIN5OS. The zero-order valence-corrected chi connectivity index (χ0v) is 19.6. The Hall–Kier alpha value is -1.72. The van der Waals surface area contributed by atoms with Crippen molar-refractivity contribution in [2.45, 2.75) is 32.6 Å². The second kappa shape index (κ2) is 9.86. The van der Waals surface area contributed by atoms with Crippen molar-refractivity contribution >= 4 is 46.2 Å². The molecular weight excluding hydrogens is 504 g/mol. The van der Waals surface area contributed by atoms with Crippen molar-refractivity contribution in [2.24, 2.45) is 4.99 Å². The molecule has 0 saturated carbocycles. The van der Waals surface area contributed by atoms with Crippen LogP contribution in [-0.2, 0) is 11.3 Å². The van der Waals surface area contributed by atoms with Crippen molar-refractivity contribution in [1.82, 2.24) is 19.6 Å². The lowest BCUT2D eigenvalue weighted by Gasteiger charge is -2.38. The van der Waals surface area contributed by atoms with Gasteiger partial charge in [-0.1, -0.05) is 12.1 Å². The Bertz CT molecular complexity index is 929. The maximum Gasteiger partial charge on any atom is 0.194 e. The third-order valence-electron chi connectivity index (χ3n) is 4.67. The lowest BCUT2D eigenvalue weighted by molar-refractivity contribution is -0.0605. The fraction of sp³-hybridized carbons (Fsp3) is 0.400. The van der Waals surface area contributed by atoms with Crippen LogP contribution in [0.3, 0.4) is 0 Å². The monoisotopic (exact) mass is 529 g/mol. The van der Waals surface area contributed by atoms with Crippen LogP contribution in [0, 0.1) is 5.82 Å². The molecule has 4 rings (SSSR count). The van der Waals surface area contributed by atoms with Crippen molar-refractivity contribution < 1.29 is 9.13 Å². The topological polar surface area (TPSA) is 54.2 Å². The lowest BCUT2D eigenvalue weighted by Crippen LogP contribution is -2.50. The normalized spacial score (nSPS) is 20.0. The number of thiazole rings is 1. The summed E-state index contributed by atoms with van der Waals surface area (Å²) in [5.41, 5.74) is 1.92. The van der Waals surface area contributed by atoms with Gasteiger partial charge in [0.15, 0.2) is 10.9 Å². The van der Waals surface area contributed by atoms with E-state index in [-0.39, 0.29) is 42.0 Å². The number of hydrogen-bond donors (Lipinski definition) is 1. The van der Waals surface area contributed by atoms with Gasteiger partial charge in [-0.2, -0.15) is 0 Å².